The molecule has 1 saturated heterocycles. The zero-order valence-corrected chi connectivity index (χ0v) is 12.8. The van der Waals surface area contributed by atoms with Gasteiger partial charge in [0.15, 0.2) is 0 Å². The van der Waals surface area contributed by atoms with E-state index in [1.165, 1.54) is 0 Å². The molecule has 1 amide bonds. The summed E-state index contributed by atoms with van der Waals surface area (Å²) in [6.45, 7) is 2.44. The van der Waals surface area contributed by atoms with Gasteiger partial charge in [0.1, 0.15) is 0 Å². The van der Waals surface area contributed by atoms with E-state index in [0.717, 1.165) is 17.9 Å². The van der Waals surface area contributed by atoms with Gasteiger partial charge in [0, 0.05) is 39.9 Å². The molecule has 1 aliphatic rings. The Kier molecular flexibility index (Phi) is 3.69. The Hall–Kier alpha value is -1.86. The van der Waals surface area contributed by atoms with Crippen LogP contribution in [-0.4, -0.2) is 50.0 Å². The smallest absolute Gasteiger partial charge is 0.241 e. The maximum atomic E-state index is 12.3. The van der Waals surface area contributed by atoms with Crippen molar-refractivity contribution in [2.75, 3.05) is 24.5 Å². The SMILES string of the molecule is Cn1cc(N2CCN(Cc3c(Cl)cnn3C)CC2=O)cn1. The van der Waals surface area contributed by atoms with Crippen molar-refractivity contribution >= 4 is 23.2 Å². The molecule has 2 aromatic heterocycles. The number of piperazine rings is 1. The molecule has 112 valence electrons. The Morgan fingerprint density at radius 3 is 2.62 bits per heavy atom. The summed E-state index contributed by atoms with van der Waals surface area (Å²) in [4.78, 5) is 16.2. The molecule has 2 aromatic rings. The number of carbonyl (C=O) groups is 1. The summed E-state index contributed by atoms with van der Waals surface area (Å²) in [5.41, 5.74) is 1.78. The third kappa shape index (κ3) is 2.79. The molecule has 8 heteroatoms. The summed E-state index contributed by atoms with van der Waals surface area (Å²) in [5, 5.41) is 8.87. The molecular formula is C13H17ClN6O. The second-order valence-corrected chi connectivity index (χ2v) is 5.60. The van der Waals surface area contributed by atoms with Crippen molar-refractivity contribution in [2.24, 2.45) is 14.1 Å². The van der Waals surface area contributed by atoms with Gasteiger partial charge in [-0.05, 0) is 0 Å². The Morgan fingerprint density at radius 2 is 2.05 bits per heavy atom. The zero-order valence-electron chi connectivity index (χ0n) is 12.0. The quantitative estimate of drug-likeness (QED) is 0.835. The molecule has 1 fully saturated rings. The Labute approximate surface area is 127 Å². The van der Waals surface area contributed by atoms with Crippen molar-refractivity contribution < 1.29 is 4.79 Å². The second-order valence-electron chi connectivity index (χ2n) is 5.19. The maximum Gasteiger partial charge on any atom is 0.241 e. The molecule has 3 heterocycles. The van der Waals surface area contributed by atoms with Crippen molar-refractivity contribution in [1.82, 2.24) is 24.5 Å². The van der Waals surface area contributed by atoms with Gasteiger partial charge >= 0.3 is 0 Å². The fourth-order valence-corrected chi connectivity index (χ4v) is 2.73. The monoisotopic (exact) mass is 308 g/mol. The highest BCUT2D eigenvalue weighted by Crippen LogP contribution is 2.20. The summed E-state index contributed by atoms with van der Waals surface area (Å²) >= 11 is 6.11. The molecule has 7 nitrogen and oxygen atoms in total. The number of halogens is 1. The highest BCUT2D eigenvalue weighted by molar-refractivity contribution is 6.31. The summed E-state index contributed by atoms with van der Waals surface area (Å²) in [5.74, 6) is 0.0764. The number of aryl methyl sites for hydroxylation is 2. The van der Waals surface area contributed by atoms with E-state index < -0.39 is 0 Å². The molecule has 0 unspecified atom stereocenters. The van der Waals surface area contributed by atoms with Crippen LogP contribution < -0.4 is 4.90 Å². The van der Waals surface area contributed by atoms with E-state index in [-0.39, 0.29) is 5.91 Å². The first-order valence-electron chi connectivity index (χ1n) is 6.72. The first kappa shape index (κ1) is 14.1. The predicted molar refractivity (Wildman–Crippen MR) is 79.1 cm³/mol. The summed E-state index contributed by atoms with van der Waals surface area (Å²) in [6.07, 6.45) is 5.20. The van der Waals surface area contributed by atoms with Gasteiger partial charge in [-0.2, -0.15) is 10.2 Å². The first-order valence-corrected chi connectivity index (χ1v) is 7.10. The van der Waals surface area contributed by atoms with Crippen LogP contribution in [-0.2, 0) is 25.4 Å². The number of nitrogens with zero attached hydrogens (tertiary/aromatic N) is 6. The van der Waals surface area contributed by atoms with E-state index >= 15 is 0 Å². The van der Waals surface area contributed by atoms with Crippen molar-refractivity contribution in [1.29, 1.82) is 0 Å². The van der Waals surface area contributed by atoms with Crippen LogP contribution in [0.4, 0.5) is 5.69 Å². The molecule has 0 bridgehead atoms. The minimum Gasteiger partial charge on any atom is -0.307 e. The topological polar surface area (TPSA) is 59.2 Å². The number of aromatic nitrogens is 4. The van der Waals surface area contributed by atoms with Crippen LogP contribution in [0.1, 0.15) is 5.69 Å². The standard InChI is InChI=1S/C13H17ClN6O/c1-17-7-10(5-15-17)20-4-3-19(9-13(20)21)8-12-11(14)6-16-18(12)2/h5-7H,3-4,8-9H2,1-2H3. The van der Waals surface area contributed by atoms with Crippen LogP contribution in [0.15, 0.2) is 18.6 Å². The van der Waals surface area contributed by atoms with Gasteiger partial charge in [-0.1, -0.05) is 11.6 Å². The van der Waals surface area contributed by atoms with Gasteiger partial charge in [-0.3, -0.25) is 19.1 Å². The van der Waals surface area contributed by atoms with Gasteiger partial charge in [0.25, 0.3) is 0 Å². The number of hydrogen-bond acceptors (Lipinski definition) is 4. The highest BCUT2D eigenvalue weighted by atomic mass is 35.5. The second kappa shape index (κ2) is 5.50. The van der Waals surface area contributed by atoms with E-state index in [4.69, 9.17) is 11.6 Å². The van der Waals surface area contributed by atoms with E-state index in [1.54, 1.807) is 26.7 Å². The molecule has 0 aromatic carbocycles. The lowest BCUT2D eigenvalue weighted by atomic mass is 10.2. The lowest BCUT2D eigenvalue weighted by Crippen LogP contribution is -2.50. The Bertz CT molecular complexity index is 644. The molecule has 0 aliphatic carbocycles. The number of hydrogen-bond donors (Lipinski definition) is 0. The predicted octanol–water partition coefficient (Wildman–Crippen LogP) is 0.656. The Morgan fingerprint density at radius 1 is 1.24 bits per heavy atom. The molecule has 0 atom stereocenters. The first-order chi connectivity index (χ1) is 10.0. The minimum absolute atomic E-state index is 0.0764. The average Bonchev–Trinajstić information content (AvgIpc) is 3.00. The zero-order chi connectivity index (χ0) is 15.0. The van der Waals surface area contributed by atoms with Crippen LogP contribution >= 0.6 is 11.6 Å². The van der Waals surface area contributed by atoms with Gasteiger partial charge in [-0.15, -0.1) is 0 Å². The van der Waals surface area contributed by atoms with Gasteiger partial charge in [0.2, 0.25) is 5.91 Å². The van der Waals surface area contributed by atoms with Gasteiger partial charge < -0.3 is 4.90 Å². The summed E-state index contributed by atoms with van der Waals surface area (Å²) in [7, 11) is 3.70. The van der Waals surface area contributed by atoms with Crippen LogP contribution in [0.3, 0.4) is 0 Å². The molecule has 0 radical (unpaired) electrons. The molecule has 0 N–H and O–H groups in total. The van der Waals surface area contributed by atoms with Crippen molar-refractivity contribution in [2.45, 2.75) is 6.54 Å². The fraction of sp³-hybridized carbons (Fsp3) is 0.462. The average molecular weight is 309 g/mol. The van der Waals surface area contributed by atoms with E-state index in [0.29, 0.717) is 24.7 Å². The van der Waals surface area contributed by atoms with E-state index in [2.05, 4.69) is 15.1 Å². The fourth-order valence-electron chi connectivity index (χ4n) is 2.50. The summed E-state index contributed by atoms with van der Waals surface area (Å²) < 4.78 is 3.45. The van der Waals surface area contributed by atoms with Crippen LogP contribution in [0.25, 0.3) is 0 Å². The van der Waals surface area contributed by atoms with Crippen LogP contribution in [0, 0.1) is 0 Å². The molecular weight excluding hydrogens is 292 g/mol. The van der Waals surface area contributed by atoms with Crippen molar-refractivity contribution in [3.8, 4) is 0 Å². The third-order valence-electron chi connectivity index (χ3n) is 3.69. The van der Waals surface area contributed by atoms with Gasteiger partial charge in [-0.25, -0.2) is 0 Å². The lowest BCUT2D eigenvalue weighted by Gasteiger charge is -2.33. The van der Waals surface area contributed by atoms with Crippen LogP contribution in [0.5, 0.6) is 0 Å². The molecule has 0 saturated carbocycles. The largest absolute Gasteiger partial charge is 0.307 e. The van der Waals surface area contributed by atoms with Crippen molar-refractivity contribution in [3.63, 3.8) is 0 Å². The number of carbonyl (C=O) groups excluding carboxylic acids is 1. The minimum atomic E-state index is 0.0764. The lowest BCUT2D eigenvalue weighted by molar-refractivity contribution is -0.121. The van der Waals surface area contributed by atoms with Gasteiger partial charge in [0.05, 0.1) is 35.3 Å². The highest BCUT2D eigenvalue weighted by Gasteiger charge is 2.26. The van der Waals surface area contributed by atoms with E-state index in [9.17, 15) is 4.79 Å². The maximum absolute atomic E-state index is 12.3. The number of rotatable bonds is 3. The Balaban J connectivity index is 1.67. The summed E-state index contributed by atoms with van der Waals surface area (Å²) in [6, 6.07) is 0. The molecule has 21 heavy (non-hydrogen) atoms. The number of amides is 1. The van der Waals surface area contributed by atoms with E-state index in [1.807, 2.05) is 20.3 Å². The molecule has 1 aliphatic heterocycles. The molecule has 0 spiro atoms. The molecule has 3 rings (SSSR count). The van der Waals surface area contributed by atoms with Crippen LogP contribution in [0.2, 0.25) is 5.02 Å². The van der Waals surface area contributed by atoms with Crippen molar-refractivity contribution in [3.05, 3.63) is 29.3 Å². The third-order valence-corrected chi connectivity index (χ3v) is 4.00. The normalized spacial score (nSPS) is 16.7. The number of anilines is 1.